The fourth-order valence-corrected chi connectivity index (χ4v) is 2.70. The molecule has 0 aromatic carbocycles. The summed E-state index contributed by atoms with van der Waals surface area (Å²) in [7, 11) is 0. The van der Waals surface area contributed by atoms with E-state index in [1.54, 1.807) is 6.08 Å². The highest BCUT2D eigenvalue weighted by atomic mass is 16.6. The fraction of sp³-hybridized carbons (Fsp3) is 0.696. The number of hydrogen-bond acceptors (Lipinski definition) is 7. The van der Waals surface area contributed by atoms with Gasteiger partial charge in [-0.15, -0.1) is 0 Å². The van der Waals surface area contributed by atoms with Crippen LogP contribution in [0.3, 0.4) is 0 Å². The smallest absolute Gasteiger partial charge is 0.251 e. The molecule has 0 spiro atoms. The largest absolute Gasteiger partial charge is 0.379 e. The van der Waals surface area contributed by atoms with Gasteiger partial charge in [0, 0.05) is 50.1 Å². The van der Waals surface area contributed by atoms with Gasteiger partial charge in [-0.2, -0.15) is 0 Å². The van der Waals surface area contributed by atoms with Crippen molar-refractivity contribution in [2.45, 2.75) is 39.5 Å². The Morgan fingerprint density at radius 3 is 1.90 bits per heavy atom. The van der Waals surface area contributed by atoms with E-state index in [1.807, 2.05) is 13.8 Å². The minimum Gasteiger partial charge on any atom is -0.379 e. The average molecular weight is 440 g/mol. The molecule has 0 fully saturated rings. The molecule has 1 aliphatic heterocycles. The maximum atomic E-state index is 11.9. The summed E-state index contributed by atoms with van der Waals surface area (Å²) in [5.41, 5.74) is 0.634. The predicted molar refractivity (Wildman–Crippen MR) is 117 cm³/mol. The molecule has 0 radical (unpaired) electrons. The number of hydrogen-bond donors (Lipinski definition) is 0. The second-order valence-electron chi connectivity index (χ2n) is 7.53. The summed E-state index contributed by atoms with van der Waals surface area (Å²) < 4.78 is 21.6. The number of Topliss-reactive ketones (excluding diaryl/α,β-unsaturated/α-hetero) is 2. The van der Waals surface area contributed by atoms with Crippen molar-refractivity contribution in [3.05, 3.63) is 24.4 Å². The lowest BCUT2D eigenvalue weighted by molar-refractivity contribution is -0.125. The van der Waals surface area contributed by atoms with Gasteiger partial charge in [-0.3, -0.25) is 14.4 Å². The standard InChI is InChI=1S/C23H37NO7/c1-19(2)22(26)9-12-29-14-16-31-18-17-30-15-13-28-11-4-5-21(25)8-10-24-20(3)6-7-23(24)27/h6-7,19H,3-5,8-18H2,1-2H3. The Morgan fingerprint density at radius 2 is 1.39 bits per heavy atom. The molecule has 8 heteroatoms. The van der Waals surface area contributed by atoms with E-state index in [9.17, 15) is 14.4 Å². The minimum absolute atomic E-state index is 0.0559. The Labute approximate surface area is 185 Å². The molecular formula is C23H37NO7. The van der Waals surface area contributed by atoms with Crippen molar-refractivity contribution in [1.82, 2.24) is 4.90 Å². The van der Waals surface area contributed by atoms with Gasteiger partial charge in [0.15, 0.2) is 0 Å². The number of ketones is 2. The first kappa shape index (κ1) is 27.2. The van der Waals surface area contributed by atoms with Crippen LogP contribution >= 0.6 is 0 Å². The molecule has 1 rings (SSSR count). The molecule has 0 aromatic rings. The molecule has 1 amide bonds. The van der Waals surface area contributed by atoms with Gasteiger partial charge in [0.25, 0.3) is 5.91 Å². The molecule has 0 N–H and O–H groups in total. The van der Waals surface area contributed by atoms with E-state index in [4.69, 9.17) is 18.9 Å². The lowest BCUT2D eigenvalue weighted by Gasteiger charge is -2.16. The molecule has 31 heavy (non-hydrogen) atoms. The summed E-state index contributed by atoms with van der Waals surface area (Å²) >= 11 is 0. The quantitative estimate of drug-likeness (QED) is 0.269. The third-order valence-electron chi connectivity index (χ3n) is 4.64. The Morgan fingerprint density at radius 1 is 0.839 bits per heavy atom. The summed E-state index contributed by atoms with van der Waals surface area (Å²) in [5, 5.41) is 0. The second-order valence-corrected chi connectivity index (χ2v) is 7.53. The van der Waals surface area contributed by atoms with Crippen LogP contribution < -0.4 is 0 Å². The first-order valence-electron chi connectivity index (χ1n) is 11.0. The van der Waals surface area contributed by atoms with Crippen LogP contribution in [-0.2, 0) is 33.3 Å². The van der Waals surface area contributed by atoms with Crippen LogP contribution in [0.2, 0.25) is 0 Å². The lowest BCUT2D eigenvalue weighted by Crippen LogP contribution is -2.26. The van der Waals surface area contributed by atoms with Crippen molar-refractivity contribution >= 4 is 17.5 Å². The van der Waals surface area contributed by atoms with Crippen LogP contribution in [0.5, 0.6) is 0 Å². The summed E-state index contributed by atoms with van der Waals surface area (Å²) in [5.74, 6) is 0.262. The van der Waals surface area contributed by atoms with Crippen molar-refractivity contribution < 1.29 is 33.3 Å². The minimum atomic E-state index is -0.116. The topological polar surface area (TPSA) is 91.4 Å². The second kappa shape index (κ2) is 16.8. The first-order chi connectivity index (χ1) is 14.9. The van der Waals surface area contributed by atoms with Gasteiger partial charge in [-0.05, 0) is 12.5 Å². The van der Waals surface area contributed by atoms with Gasteiger partial charge in [-0.25, -0.2) is 0 Å². The van der Waals surface area contributed by atoms with Crippen LogP contribution in [0.1, 0.15) is 39.5 Å². The highest BCUT2D eigenvalue weighted by Crippen LogP contribution is 2.13. The maximum absolute atomic E-state index is 11.9. The third kappa shape index (κ3) is 13.2. The normalized spacial score (nSPS) is 13.6. The van der Waals surface area contributed by atoms with E-state index in [-0.39, 0.29) is 23.4 Å². The molecule has 0 bridgehead atoms. The zero-order valence-electron chi connectivity index (χ0n) is 18.9. The zero-order chi connectivity index (χ0) is 22.9. The molecule has 0 aliphatic carbocycles. The van der Waals surface area contributed by atoms with E-state index in [0.717, 1.165) is 0 Å². The number of carbonyl (C=O) groups excluding carboxylic acids is 3. The van der Waals surface area contributed by atoms with Gasteiger partial charge in [-0.1, -0.05) is 20.4 Å². The number of nitrogens with zero attached hydrogens (tertiary/aromatic N) is 1. The zero-order valence-corrected chi connectivity index (χ0v) is 18.9. The molecule has 176 valence electrons. The van der Waals surface area contributed by atoms with Crippen molar-refractivity contribution in [3.8, 4) is 0 Å². The highest BCUT2D eigenvalue weighted by molar-refractivity contribution is 5.93. The number of allylic oxidation sites excluding steroid dienone is 1. The molecule has 0 aromatic heterocycles. The molecule has 0 atom stereocenters. The van der Waals surface area contributed by atoms with E-state index in [1.165, 1.54) is 11.0 Å². The van der Waals surface area contributed by atoms with Crippen molar-refractivity contribution in [3.63, 3.8) is 0 Å². The van der Waals surface area contributed by atoms with Crippen LogP contribution in [0.4, 0.5) is 0 Å². The Hall–Kier alpha value is -1.87. The van der Waals surface area contributed by atoms with E-state index >= 15 is 0 Å². The predicted octanol–water partition coefficient (Wildman–Crippen LogP) is 2.32. The Bertz CT molecular complexity index is 583. The van der Waals surface area contributed by atoms with Crippen LogP contribution in [-0.4, -0.2) is 81.8 Å². The Kier molecular flexibility index (Phi) is 14.7. The van der Waals surface area contributed by atoms with Gasteiger partial charge in [0.2, 0.25) is 0 Å². The maximum Gasteiger partial charge on any atom is 0.251 e. The van der Waals surface area contributed by atoms with Crippen LogP contribution in [0.25, 0.3) is 0 Å². The van der Waals surface area contributed by atoms with E-state index in [2.05, 4.69) is 6.58 Å². The van der Waals surface area contributed by atoms with E-state index in [0.29, 0.717) is 90.8 Å². The van der Waals surface area contributed by atoms with Gasteiger partial charge >= 0.3 is 0 Å². The number of ether oxygens (including phenoxy) is 4. The van der Waals surface area contributed by atoms with E-state index < -0.39 is 0 Å². The van der Waals surface area contributed by atoms with Gasteiger partial charge in [0.05, 0.1) is 46.2 Å². The number of amides is 1. The summed E-state index contributed by atoms with van der Waals surface area (Å²) in [6.07, 6.45) is 4.98. The molecule has 1 aliphatic rings. The van der Waals surface area contributed by atoms with Crippen LogP contribution in [0.15, 0.2) is 24.4 Å². The molecule has 1 heterocycles. The summed E-state index contributed by atoms with van der Waals surface area (Å²) in [4.78, 5) is 36.4. The van der Waals surface area contributed by atoms with Crippen LogP contribution in [0, 0.1) is 5.92 Å². The number of rotatable bonds is 20. The van der Waals surface area contributed by atoms with Crippen molar-refractivity contribution in [1.29, 1.82) is 0 Å². The summed E-state index contributed by atoms with van der Waals surface area (Å²) in [6.45, 7) is 11.7. The van der Waals surface area contributed by atoms with Gasteiger partial charge in [0.1, 0.15) is 11.6 Å². The molecular weight excluding hydrogens is 402 g/mol. The molecule has 8 nitrogen and oxygen atoms in total. The molecule has 0 saturated heterocycles. The number of carbonyl (C=O) groups is 3. The van der Waals surface area contributed by atoms with Gasteiger partial charge < -0.3 is 23.8 Å². The third-order valence-corrected chi connectivity index (χ3v) is 4.64. The monoisotopic (exact) mass is 439 g/mol. The van der Waals surface area contributed by atoms with Crippen molar-refractivity contribution in [2.75, 3.05) is 59.4 Å². The fourth-order valence-electron chi connectivity index (χ4n) is 2.70. The van der Waals surface area contributed by atoms with Crippen molar-refractivity contribution in [2.24, 2.45) is 5.92 Å². The molecule has 0 saturated carbocycles. The Balaban J connectivity index is 1.79. The average Bonchev–Trinajstić information content (AvgIpc) is 3.06. The first-order valence-corrected chi connectivity index (χ1v) is 11.0. The summed E-state index contributed by atoms with van der Waals surface area (Å²) in [6, 6.07) is 0. The highest BCUT2D eigenvalue weighted by Gasteiger charge is 2.18. The SMILES string of the molecule is C=C1C=CC(=O)N1CCC(=O)CCCOCCOCCOCCOCCC(=O)C(C)C. The lowest BCUT2D eigenvalue weighted by atomic mass is 10.1. The molecule has 0 unspecified atom stereocenters.